The molecule has 1 aliphatic rings. The van der Waals surface area contributed by atoms with Gasteiger partial charge in [-0.1, -0.05) is 13.0 Å². The van der Waals surface area contributed by atoms with Crippen LogP contribution in [0.15, 0.2) is 30.5 Å². The van der Waals surface area contributed by atoms with E-state index in [0.29, 0.717) is 0 Å². The Hall–Kier alpha value is -1.32. The summed E-state index contributed by atoms with van der Waals surface area (Å²) in [5.74, 6) is 0.718. The first-order chi connectivity index (χ1) is 9.35. The van der Waals surface area contributed by atoms with Gasteiger partial charge in [0.15, 0.2) is 0 Å². The number of fused-ring (bicyclic) bond motifs is 1. The van der Waals surface area contributed by atoms with Crippen LogP contribution in [0.1, 0.15) is 18.9 Å². The Labute approximate surface area is 114 Å². The predicted octanol–water partition coefficient (Wildman–Crippen LogP) is 3.03. The molecule has 1 fully saturated rings. The maximum absolute atomic E-state index is 5.47. The fraction of sp³-hybridized carbons (Fsp3) is 0.500. The lowest BCUT2D eigenvalue weighted by Gasteiger charge is -2.23. The fourth-order valence-corrected chi connectivity index (χ4v) is 2.86. The molecule has 0 bridgehead atoms. The van der Waals surface area contributed by atoms with E-state index in [2.05, 4.69) is 41.1 Å². The summed E-state index contributed by atoms with van der Waals surface area (Å²) < 4.78 is 5.47. The lowest BCUT2D eigenvalue weighted by molar-refractivity contribution is 0.167. The summed E-state index contributed by atoms with van der Waals surface area (Å²) in [6.07, 6.45) is 3.22. The summed E-state index contributed by atoms with van der Waals surface area (Å²) in [4.78, 5) is 5.76. The Morgan fingerprint density at radius 3 is 3.11 bits per heavy atom. The SMILES string of the molecule is CCN(Cc1ccc2[nH]ccc2c1)C[C@@H]1CCOC1. The van der Waals surface area contributed by atoms with Crippen molar-refractivity contribution in [2.45, 2.75) is 19.9 Å². The van der Waals surface area contributed by atoms with Crippen molar-refractivity contribution >= 4 is 10.9 Å². The van der Waals surface area contributed by atoms with Crippen LogP contribution in [0.3, 0.4) is 0 Å². The number of aromatic amines is 1. The van der Waals surface area contributed by atoms with Crippen LogP contribution >= 0.6 is 0 Å². The minimum atomic E-state index is 0.718. The third-order valence-corrected chi connectivity index (χ3v) is 4.01. The molecule has 19 heavy (non-hydrogen) atoms. The van der Waals surface area contributed by atoms with Gasteiger partial charge in [-0.25, -0.2) is 0 Å². The van der Waals surface area contributed by atoms with Gasteiger partial charge in [0.2, 0.25) is 0 Å². The first kappa shape index (κ1) is 12.7. The van der Waals surface area contributed by atoms with Crippen LogP contribution < -0.4 is 0 Å². The molecule has 102 valence electrons. The van der Waals surface area contributed by atoms with Gasteiger partial charge < -0.3 is 9.72 Å². The van der Waals surface area contributed by atoms with E-state index in [1.54, 1.807) is 0 Å². The molecule has 0 amide bonds. The fourth-order valence-electron chi connectivity index (χ4n) is 2.86. The number of nitrogens with one attached hydrogen (secondary N) is 1. The van der Waals surface area contributed by atoms with Crippen molar-refractivity contribution in [1.82, 2.24) is 9.88 Å². The lowest BCUT2D eigenvalue weighted by atomic mass is 10.1. The van der Waals surface area contributed by atoms with Gasteiger partial charge in [0.1, 0.15) is 0 Å². The van der Waals surface area contributed by atoms with Crippen LogP contribution in [-0.4, -0.2) is 36.2 Å². The summed E-state index contributed by atoms with van der Waals surface area (Å²) >= 11 is 0. The van der Waals surface area contributed by atoms with Gasteiger partial charge in [-0.05, 0) is 48.0 Å². The van der Waals surface area contributed by atoms with E-state index in [9.17, 15) is 0 Å². The first-order valence-corrected chi connectivity index (χ1v) is 7.21. The Morgan fingerprint density at radius 1 is 1.37 bits per heavy atom. The molecule has 1 N–H and O–H groups in total. The minimum Gasteiger partial charge on any atom is -0.381 e. The largest absolute Gasteiger partial charge is 0.381 e. The Bertz CT molecular complexity index is 528. The molecule has 3 nitrogen and oxygen atoms in total. The van der Waals surface area contributed by atoms with Gasteiger partial charge in [0.05, 0.1) is 6.61 Å². The number of ether oxygens (including phenoxy) is 1. The minimum absolute atomic E-state index is 0.718. The molecule has 1 atom stereocenters. The van der Waals surface area contributed by atoms with Crippen molar-refractivity contribution in [2.24, 2.45) is 5.92 Å². The van der Waals surface area contributed by atoms with Crippen molar-refractivity contribution in [1.29, 1.82) is 0 Å². The molecule has 2 aromatic rings. The Morgan fingerprint density at radius 2 is 2.32 bits per heavy atom. The number of benzene rings is 1. The zero-order valence-corrected chi connectivity index (χ0v) is 11.6. The quantitative estimate of drug-likeness (QED) is 0.893. The van der Waals surface area contributed by atoms with E-state index in [4.69, 9.17) is 4.74 Å². The van der Waals surface area contributed by atoms with Crippen molar-refractivity contribution in [3.63, 3.8) is 0 Å². The second-order valence-electron chi connectivity index (χ2n) is 5.46. The number of rotatable bonds is 5. The molecular weight excluding hydrogens is 236 g/mol. The first-order valence-electron chi connectivity index (χ1n) is 7.21. The molecule has 3 rings (SSSR count). The van der Waals surface area contributed by atoms with Crippen molar-refractivity contribution in [3.05, 3.63) is 36.0 Å². The van der Waals surface area contributed by atoms with E-state index in [0.717, 1.165) is 38.8 Å². The van der Waals surface area contributed by atoms with Crippen LogP contribution in [0, 0.1) is 5.92 Å². The highest BCUT2D eigenvalue weighted by molar-refractivity contribution is 5.79. The number of aromatic nitrogens is 1. The van der Waals surface area contributed by atoms with Gasteiger partial charge in [-0.3, -0.25) is 4.90 Å². The third kappa shape index (κ3) is 2.99. The third-order valence-electron chi connectivity index (χ3n) is 4.01. The smallest absolute Gasteiger partial charge is 0.0507 e. The molecule has 0 unspecified atom stereocenters. The predicted molar refractivity (Wildman–Crippen MR) is 78.2 cm³/mol. The molecule has 1 saturated heterocycles. The van der Waals surface area contributed by atoms with Gasteiger partial charge in [0.25, 0.3) is 0 Å². The second kappa shape index (κ2) is 5.76. The molecule has 1 aromatic carbocycles. The zero-order chi connectivity index (χ0) is 13.1. The average Bonchev–Trinajstić information content (AvgIpc) is 3.08. The zero-order valence-electron chi connectivity index (χ0n) is 11.6. The van der Waals surface area contributed by atoms with Crippen LogP contribution in [-0.2, 0) is 11.3 Å². The topological polar surface area (TPSA) is 28.3 Å². The lowest BCUT2D eigenvalue weighted by Crippen LogP contribution is -2.29. The summed E-state index contributed by atoms with van der Waals surface area (Å²) in [5, 5.41) is 1.30. The van der Waals surface area contributed by atoms with Gasteiger partial charge in [-0.2, -0.15) is 0 Å². The highest BCUT2D eigenvalue weighted by atomic mass is 16.5. The van der Waals surface area contributed by atoms with E-state index < -0.39 is 0 Å². The number of hydrogen-bond acceptors (Lipinski definition) is 2. The summed E-state index contributed by atoms with van der Waals surface area (Å²) in [5.41, 5.74) is 2.61. The monoisotopic (exact) mass is 258 g/mol. The maximum atomic E-state index is 5.47. The normalized spacial score (nSPS) is 19.6. The van der Waals surface area contributed by atoms with Crippen LogP contribution in [0.25, 0.3) is 10.9 Å². The van der Waals surface area contributed by atoms with Crippen LogP contribution in [0.2, 0.25) is 0 Å². The Kier molecular flexibility index (Phi) is 3.85. The van der Waals surface area contributed by atoms with Gasteiger partial charge in [0, 0.05) is 31.4 Å². The second-order valence-corrected chi connectivity index (χ2v) is 5.46. The summed E-state index contributed by atoms with van der Waals surface area (Å²) in [6, 6.07) is 8.84. The maximum Gasteiger partial charge on any atom is 0.0507 e. The molecular formula is C16H22N2O. The van der Waals surface area contributed by atoms with Crippen molar-refractivity contribution in [2.75, 3.05) is 26.3 Å². The highest BCUT2D eigenvalue weighted by Gasteiger charge is 2.18. The summed E-state index contributed by atoms with van der Waals surface area (Å²) in [6.45, 7) is 7.41. The molecule has 1 aliphatic heterocycles. The van der Waals surface area contributed by atoms with Crippen molar-refractivity contribution in [3.8, 4) is 0 Å². The van der Waals surface area contributed by atoms with Crippen LogP contribution in [0.4, 0.5) is 0 Å². The molecule has 3 heteroatoms. The van der Waals surface area contributed by atoms with Gasteiger partial charge >= 0.3 is 0 Å². The summed E-state index contributed by atoms with van der Waals surface area (Å²) in [7, 11) is 0. The molecule has 0 aliphatic carbocycles. The Balaban J connectivity index is 1.66. The molecule has 0 spiro atoms. The highest BCUT2D eigenvalue weighted by Crippen LogP contribution is 2.18. The van der Waals surface area contributed by atoms with E-state index in [-0.39, 0.29) is 0 Å². The van der Waals surface area contributed by atoms with E-state index in [1.165, 1.54) is 22.9 Å². The molecule has 0 radical (unpaired) electrons. The van der Waals surface area contributed by atoms with Crippen molar-refractivity contribution < 1.29 is 4.74 Å². The number of hydrogen-bond donors (Lipinski definition) is 1. The van der Waals surface area contributed by atoms with Gasteiger partial charge in [-0.15, -0.1) is 0 Å². The number of nitrogens with zero attached hydrogens (tertiary/aromatic N) is 1. The number of H-pyrrole nitrogens is 1. The van der Waals surface area contributed by atoms with E-state index >= 15 is 0 Å². The van der Waals surface area contributed by atoms with Crippen LogP contribution in [0.5, 0.6) is 0 Å². The van der Waals surface area contributed by atoms with E-state index in [1.807, 2.05) is 6.20 Å². The average molecular weight is 258 g/mol. The molecule has 2 heterocycles. The molecule has 1 aromatic heterocycles. The molecule has 0 saturated carbocycles. The standard InChI is InChI=1S/C16H22N2O/c1-2-18(11-14-6-8-19-12-14)10-13-3-4-16-15(9-13)5-7-17-16/h3-5,7,9,14,17H,2,6,8,10-12H2,1H3/t14-/m0/s1.